The number of aromatic carboxylic acids is 1. The van der Waals surface area contributed by atoms with Gasteiger partial charge < -0.3 is 14.7 Å². The van der Waals surface area contributed by atoms with Crippen molar-refractivity contribution in [2.75, 3.05) is 20.1 Å². The molecule has 0 aliphatic carbocycles. The number of aromatic nitrogens is 1. The first-order valence-electron chi connectivity index (χ1n) is 5.81. The molecule has 1 aromatic rings. The second-order valence-corrected chi connectivity index (χ2v) is 4.81. The Kier molecular flexibility index (Phi) is 4.04. The summed E-state index contributed by atoms with van der Waals surface area (Å²) in [6.45, 7) is 1.95. The number of likely N-dealkylation sites (tertiary alicyclic amines) is 1. The molecular formula is C12H15ClN2O3. The lowest BCUT2D eigenvalue weighted by atomic mass is 10.1. The Labute approximate surface area is 110 Å². The molecule has 0 unspecified atom stereocenters. The molecule has 2 heterocycles. The van der Waals surface area contributed by atoms with Gasteiger partial charge in [0.15, 0.2) is 5.69 Å². The predicted octanol–water partition coefficient (Wildman–Crippen LogP) is 1.91. The van der Waals surface area contributed by atoms with E-state index in [4.69, 9.17) is 21.4 Å². The summed E-state index contributed by atoms with van der Waals surface area (Å²) in [4.78, 5) is 17.1. The number of halogens is 1. The average Bonchev–Trinajstić information content (AvgIpc) is 2.34. The van der Waals surface area contributed by atoms with Crippen molar-refractivity contribution in [1.82, 2.24) is 9.88 Å². The van der Waals surface area contributed by atoms with Crippen molar-refractivity contribution >= 4 is 17.6 Å². The summed E-state index contributed by atoms with van der Waals surface area (Å²) < 4.78 is 5.69. The summed E-state index contributed by atoms with van der Waals surface area (Å²) in [5, 5.41) is 9.04. The van der Waals surface area contributed by atoms with Crippen LogP contribution in [-0.4, -0.2) is 47.2 Å². The van der Waals surface area contributed by atoms with E-state index in [2.05, 4.69) is 16.9 Å². The number of piperidine rings is 1. The molecule has 0 atom stereocenters. The Morgan fingerprint density at radius 1 is 1.50 bits per heavy atom. The smallest absolute Gasteiger partial charge is 0.356 e. The summed E-state index contributed by atoms with van der Waals surface area (Å²) in [6, 6.07) is 3.11. The second-order valence-electron chi connectivity index (χ2n) is 4.41. The SMILES string of the molecule is CN1CCC(Oc2ccc(Cl)c(C(=O)O)n2)CC1. The van der Waals surface area contributed by atoms with Crippen LogP contribution < -0.4 is 4.74 Å². The van der Waals surface area contributed by atoms with Crippen molar-refractivity contribution in [1.29, 1.82) is 0 Å². The molecule has 1 N–H and O–H groups in total. The third-order valence-corrected chi connectivity index (χ3v) is 3.28. The van der Waals surface area contributed by atoms with E-state index >= 15 is 0 Å². The fourth-order valence-electron chi connectivity index (χ4n) is 1.91. The van der Waals surface area contributed by atoms with Gasteiger partial charge in [-0.1, -0.05) is 11.6 Å². The van der Waals surface area contributed by atoms with Gasteiger partial charge in [0.25, 0.3) is 0 Å². The third-order valence-electron chi connectivity index (χ3n) is 2.98. The van der Waals surface area contributed by atoms with Crippen molar-refractivity contribution in [2.24, 2.45) is 0 Å². The Morgan fingerprint density at radius 2 is 2.17 bits per heavy atom. The molecule has 0 bridgehead atoms. The number of hydrogen-bond donors (Lipinski definition) is 1. The van der Waals surface area contributed by atoms with Gasteiger partial charge in [-0.15, -0.1) is 0 Å². The van der Waals surface area contributed by atoms with Gasteiger partial charge in [0.1, 0.15) is 6.10 Å². The summed E-state index contributed by atoms with van der Waals surface area (Å²) in [5.74, 6) is -0.819. The highest BCUT2D eigenvalue weighted by Crippen LogP contribution is 2.21. The fourth-order valence-corrected chi connectivity index (χ4v) is 2.10. The molecule has 2 rings (SSSR count). The number of rotatable bonds is 3. The molecule has 5 nitrogen and oxygen atoms in total. The zero-order chi connectivity index (χ0) is 13.1. The quantitative estimate of drug-likeness (QED) is 0.909. The number of hydrogen-bond acceptors (Lipinski definition) is 4. The molecule has 0 amide bonds. The van der Waals surface area contributed by atoms with Crippen molar-refractivity contribution < 1.29 is 14.6 Å². The first-order valence-corrected chi connectivity index (χ1v) is 6.19. The largest absolute Gasteiger partial charge is 0.476 e. The normalized spacial score (nSPS) is 17.7. The summed E-state index contributed by atoms with van der Waals surface area (Å²) in [7, 11) is 2.07. The molecule has 1 aromatic heterocycles. The second kappa shape index (κ2) is 5.54. The summed E-state index contributed by atoms with van der Waals surface area (Å²) in [5.41, 5.74) is -0.165. The van der Waals surface area contributed by atoms with Gasteiger partial charge in [0.2, 0.25) is 5.88 Å². The van der Waals surface area contributed by atoms with Gasteiger partial charge >= 0.3 is 5.97 Å². The van der Waals surface area contributed by atoms with E-state index in [1.807, 2.05) is 0 Å². The van der Waals surface area contributed by atoms with E-state index in [0.29, 0.717) is 5.88 Å². The van der Waals surface area contributed by atoms with Gasteiger partial charge in [-0.3, -0.25) is 0 Å². The zero-order valence-corrected chi connectivity index (χ0v) is 10.9. The van der Waals surface area contributed by atoms with Crippen molar-refractivity contribution in [3.05, 3.63) is 22.8 Å². The molecule has 0 saturated carbocycles. The Morgan fingerprint density at radius 3 is 2.78 bits per heavy atom. The first-order chi connectivity index (χ1) is 8.56. The fraction of sp³-hybridized carbons (Fsp3) is 0.500. The van der Waals surface area contributed by atoms with E-state index in [1.54, 1.807) is 6.07 Å². The van der Waals surface area contributed by atoms with E-state index in [9.17, 15) is 4.79 Å². The zero-order valence-electron chi connectivity index (χ0n) is 10.1. The van der Waals surface area contributed by atoms with E-state index < -0.39 is 5.97 Å². The van der Waals surface area contributed by atoms with Crippen LogP contribution in [0.15, 0.2) is 12.1 Å². The summed E-state index contributed by atoms with van der Waals surface area (Å²) >= 11 is 5.75. The van der Waals surface area contributed by atoms with Crippen LogP contribution in [0.25, 0.3) is 0 Å². The van der Waals surface area contributed by atoms with Crippen molar-refractivity contribution in [3.63, 3.8) is 0 Å². The van der Waals surface area contributed by atoms with Crippen molar-refractivity contribution in [3.8, 4) is 5.88 Å². The minimum absolute atomic E-state index is 0.0940. The van der Waals surface area contributed by atoms with Gasteiger partial charge in [-0.25, -0.2) is 9.78 Å². The monoisotopic (exact) mass is 270 g/mol. The van der Waals surface area contributed by atoms with Gasteiger partial charge in [0.05, 0.1) is 5.02 Å². The molecule has 0 radical (unpaired) electrons. The predicted molar refractivity (Wildman–Crippen MR) is 67.4 cm³/mol. The van der Waals surface area contributed by atoms with Crippen LogP contribution in [0.3, 0.4) is 0 Å². The van der Waals surface area contributed by atoms with Crippen LogP contribution in [0.4, 0.5) is 0 Å². The average molecular weight is 271 g/mol. The number of pyridine rings is 1. The lowest BCUT2D eigenvalue weighted by Crippen LogP contribution is -2.35. The molecule has 6 heteroatoms. The highest BCUT2D eigenvalue weighted by molar-refractivity contribution is 6.33. The van der Waals surface area contributed by atoms with Crippen LogP contribution in [0.1, 0.15) is 23.3 Å². The van der Waals surface area contributed by atoms with Crippen LogP contribution in [0, 0.1) is 0 Å². The Bertz CT molecular complexity index is 445. The summed E-state index contributed by atoms with van der Waals surface area (Å²) in [6.07, 6.45) is 1.93. The van der Waals surface area contributed by atoms with E-state index in [1.165, 1.54) is 6.07 Å². The topological polar surface area (TPSA) is 62.7 Å². The van der Waals surface area contributed by atoms with Gasteiger partial charge in [-0.05, 0) is 26.0 Å². The highest BCUT2D eigenvalue weighted by Gasteiger charge is 2.19. The lowest BCUT2D eigenvalue weighted by molar-refractivity contribution is 0.0685. The molecule has 1 aliphatic heterocycles. The van der Waals surface area contributed by atoms with Gasteiger partial charge in [-0.2, -0.15) is 0 Å². The van der Waals surface area contributed by atoms with Crippen LogP contribution in [0.2, 0.25) is 5.02 Å². The molecular weight excluding hydrogens is 256 g/mol. The van der Waals surface area contributed by atoms with Crippen LogP contribution in [-0.2, 0) is 0 Å². The minimum Gasteiger partial charge on any atom is -0.476 e. The molecule has 98 valence electrons. The Hall–Kier alpha value is -1.33. The maximum absolute atomic E-state index is 10.9. The first kappa shape index (κ1) is 13.1. The molecule has 0 aromatic carbocycles. The molecule has 18 heavy (non-hydrogen) atoms. The molecule has 0 spiro atoms. The van der Waals surface area contributed by atoms with Crippen molar-refractivity contribution in [2.45, 2.75) is 18.9 Å². The van der Waals surface area contributed by atoms with Crippen LogP contribution in [0.5, 0.6) is 5.88 Å². The number of ether oxygens (including phenoxy) is 1. The maximum Gasteiger partial charge on any atom is 0.356 e. The number of nitrogens with zero attached hydrogens (tertiary/aromatic N) is 2. The number of carboxylic acid groups (broad SMARTS) is 1. The molecule has 1 fully saturated rings. The van der Waals surface area contributed by atoms with E-state index in [0.717, 1.165) is 25.9 Å². The lowest BCUT2D eigenvalue weighted by Gasteiger charge is -2.28. The van der Waals surface area contributed by atoms with Gasteiger partial charge in [0, 0.05) is 19.2 Å². The van der Waals surface area contributed by atoms with E-state index in [-0.39, 0.29) is 16.8 Å². The highest BCUT2D eigenvalue weighted by atomic mass is 35.5. The minimum atomic E-state index is -1.14. The third kappa shape index (κ3) is 3.11. The molecule has 1 aliphatic rings. The maximum atomic E-state index is 10.9. The van der Waals surface area contributed by atoms with Crippen LogP contribution >= 0.6 is 11.6 Å². The Balaban J connectivity index is 2.05. The molecule has 1 saturated heterocycles. The number of carbonyl (C=O) groups is 1. The standard InChI is InChI=1S/C12H15ClN2O3/c1-15-6-4-8(5-7-15)18-10-3-2-9(13)11(14-10)12(16)17/h2-3,8H,4-7H2,1H3,(H,16,17). The number of carboxylic acids is 1.